The van der Waals surface area contributed by atoms with Gasteiger partial charge >= 0.3 is 5.97 Å². The van der Waals surface area contributed by atoms with Crippen LogP contribution in [0.4, 0.5) is 5.69 Å². The fourth-order valence-electron chi connectivity index (χ4n) is 2.19. The van der Waals surface area contributed by atoms with Gasteiger partial charge in [0.1, 0.15) is 0 Å². The molecular weight excluding hydrogens is 368 g/mol. The van der Waals surface area contributed by atoms with Gasteiger partial charge in [-0.3, -0.25) is 9.59 Å². The van der Waals surface area contributed by atoms with Crippen molar-refractivity contribution >= 4 is 27.6 Å². The fraction of sp³-hybridized carbons (Fsp3) is 0.263. The van der Waals surface area contributed by atoms with Crippen LogP contribution in [0.25, 0.3) is 0 Å². The van der Waals surface area contributed by atoms with E-state index < -0.39 is 28.5 Å². The maximum Gasteiger partial charge on any atom is 0.307 e. The molecular formula is C19H22N2O5S. The molecule has 0 radical (unpaired) electrons. The normalized spacial score (nSPS) is 11.0. The summed E-state index contributed by atoms with van der Waals surface area (Å²) in [5, 5.41) is 2.58. The zero-order chi connectivity index (χ0) is 19.9. The molecule has 2 rings (SSSR count). The first-order chi connectivity index (χ1) is 12.8. The molecule has 2 aromatic rings. The SMILES string of the molecule is Cc1ccc(S(=O)(=O)NCCC(=O)OCC(=O)Nc2ccccc2)cc1C. The second-order valence-electron chi connectivity index (χ2n) is 5.97. The molecule has 2 N–H and O–H groups in total. The van der Waals surface area contributed by atoms with E-state index in [9.17, 15) is 18.0 Å². The average Bonchev–Trinajstić information content (AvgIpc) is 2.63. The third-order valence-electron chi connectivity index (χ3n) is 3.83. The summed E-state index contributed by atoms with van der Waals surface area (Å²) >= 11 is 0. The van der Waals surface area contributed by atoms with Gasteiger partial charge in [0.15, 0.2) is 6.61 Å². The highest BCUT2D eigenvalue weighted by molar-refractivity contribution is 7.89. The topological polar surface area (TPSA) is 102 Å². The van der Waals surface area contributed by atoms with E-state index >= 15 is 0 Å². The number of ether oxygens (including phenoxy) is 1. The number of hydrogen-bond acceptors (Lipinski definition) is 5. The van der Waals surface area contributed by atoms with Crippen LogP contribution < -0.4 is 10.0 Å². The lowest BCUT2D eigenvalue weighted by atomic mass is 10.1. The van der Waals surface area contributed by atoms with Crippen molar-refractivity contribution in [3.63, 3.8) is 0 Å². The van der Waals surface area contributed by atoms with E-state index in [2.05, 4.69) is 10.0 Å². The van der Waals surface area contributed by atoms with Gasteiger partial charge in [0.05, 0.1) is 11.3 Å². The van der Waals surface area contributed by atoms with E-state index in [4.69, 9.17) is 4.74 Å². The Hall–Kier alpha value is -2.71. The smallest absolute Gasteiger partial charge is 0.307 e. The summed E-state index contributed by atoms with van der Waals surface area (Å²) in [6, 6.07) is 13.6. The quantitative estimate of drug-likeness (QED) is 0.673. The van der Waals surface area contributed by atoms with Gasteiger partial charge in [0, 0.05) is 12.2 Å². The average molecular weight is 390 g/mol. The lowest BCUT2D eigenvalue weighted by Gasteiger charge is -2.09. The molecule has 7 nitrogen and oxygen atoms in total. The van der Waals surface area contributed by atoms with Gasteiger partial charge in [0.2, 0.25) is 10.0 Å². The molecule has 0 bridgehead atoms. The van der Waals surface area contributed by atoms with E-state index in [1.165, 1.54) is 6.07 Å². The summed E-state index contributed by atoms with van der Waals surface area (Å²) in [4.78, 5) is 23.5. The molecule has 0 saturated heterocycles. The van der Waals surface area contributed by atoms with Crippen molar-refractivity contribution < 1.29 is 22.7 Å². The zero-order valence-corrected chi connectivity index (χ0v) is 16.0. The Balaban J connectivity index is 1.75. The van der Waals surface area contributed by atoms with Crippen molar-refractivity contribution in [1.82, 2.24) is 4.72 Å². The van der Waals surface area contributed by atoms with Crippen molar-refractivity contribution in [2.24, 2.45) is 0 Å². The molecule has 144 valence electrons. The highest BCUT2D eigenvalue weighted by atomic mass is 32.2. The molecule has 0 unspecified atom stereocenters. The van der Waals surface area contributed by atoms with Crippen LogP contribution in [0.2, 0.25) is 0 Å². The molecule has 2 aromatic carbocycles. The molecule has 0 saturated carbocycles. The molecule has 0 fully saturated rings. The van der Waals surface area contributed by atoms with Gasteiger partial charge < -0.3 is 10.1 Å². The number of para-hydroxylation sites is 1. The van der Waals surface area contributed by atoms with Crippen LogP contribution >= 0.6 is 0 Å². The third-order valence-corrected chi connectivity index (χ3v) is 5.29. The van der Waals surface area contributed by atoms with E-state index in [0.717, 1.165) is 11.1 Å². The first-order valence-electron chi connectivity index (χ1n) is 8.35. The Morgan fingerprint density at radius 2 is 1.70 bits per heavy atom. The number of benzene rings is 2. The van der Waals surface area contributed by atoms with Gasteiger partial charge in [-0.1, -0.05) is 24.3 Å². The van der Waals surface area contributed by atoms with Crippen LogP contribution in [0, 0.1) is 13.8 Å². The summed E-state index contributed by atoms with van der Waals surface area (Å²) < 4.78 is 31.6. The number of amides is 1. The molecule has 1 amide bonds. The number of rotatable bonds is 8. The van der Waals surface area contributed by atoms with Crippen LogP contribution in [0.3, 0.4) is 0 Å². The standard InChI is InChI=1S/C19H22N2O5S/c1-14-8-9-17(12-15(14)2)27(24,25)20-11-10-19(23)26-13-18(22)21-16-6-4-3-5-7-16/h3-9,12,20H,10-11,13H2,1-2H3,(H,21,22). The van der Waals surface area contributed by atoms with E-state index in [-0.39, 0.29) is 17.9 Å². The Bertz CT molecular complexity index is 911. The lowest BCUT2D eigenvalue weighted by molar-refractivity contribution is -0.147. The maximum atomic E-state index is 12.2. The van der Waals surface area contributed by atoms with Crippen LogP contribution in [0.1, 0.15) is 17.5 Å². The Morgan fingerprint density at radius 1 is 1.00 bits per heavy atom. The van der Waals surface area contributed by atoms with Gasteiger partial charge in [-0.25, -0.2) is 13.1 Å². The maximum absolute atomic E-state index is 12.2. The molecule has 27 heavy (non-hydrogen) atoms. The number of hydrogen-bond donors (Lipinski definition) is 2. The summed E-state index contributed by atoms with van der Waals surface area (Å²) in [7, 11) is -3.70. The van der Waals surface area contributed by atoms with E-state index in [1.807, 2.05) is 19.9 Å². The molecule has 8 heteroatoms. The summed E-state index contributed by atoms with van der Waals surface area (Å²) in [5.41, 5.74) is 2.45. The highest BCUT2D eigenvalue weighted by Gasteiger charge is 2.15. The minimum Gasteiger partial charge on any atom is -0.456 e. The van der Waals surface area contributed by atoms with Crippen molar-refractivity contribution in [1.29, 1.82) is 0 Å². The number of nitrogens with one attached hydrogen (secondary N) is 2. The third kappa shape index (κ3) is 6.50. The monoisotopic (exact) mass is 390 g/mol. The fourth-order valence-corrected chi connectivity index (χ4v) is 3.31. The lowest BCUT2D eigenvalue weighted by Crippen LogP contribution is -2.28. The molecule has 0 aliphatic heterocycles. The van der Waals surface area contributed by atoms with Gasteiger partial charge in [-0.15, -0.1) is 0 Å². The molecule has 0 aromatic heterocycles. The summed E-state index contributed by atoms with van der Waals surface area (Å²) in [6.07, 6.45) is -0.178. The van der Waals surface area contributed by atoms with Crippen LogP contribution in [-0.2, 0) is 24.3 Å². The molecule has 0 atom stereocenters. The van der Waals surface area contributed by atoms with Crippen LogP contribution in [0.5, 0.6) is 0 Å². The second kappa shape index (κ2) is 9.29. The summed E-state index contributed by atoms with van der Waals surface area (Å²) in [5.74, 6) is -1.13. The van der Waals surface area contributed by atoms with Crippen molar-refractivity contribution in [2.45, 2.75) is 25.2 Å². The number of esters is 1. The van der Waals surface area contributed by atoms with Crippen molar-refractivity contribution in [3.8, 4) is 0 Å². The molecule has 0 aliphatic rings. The number of carbonyl (C=O) groups excluding carboxylic acids is 2. The number of carbonyl (C=O) groups is 2. The van der Waals surface area contributed by atoms with Crippen molar-refractivity contribution in [3.05, 3.63) is 59.7 Å². The van der Waals surface area contributed by atoms with Crippen molar-refractivity contribution in [2.75, 3.05) is 18.5 Å². The highest BCUT2D eigenvalue weighted by Crippen LogP contribution is 2.14. The molecule has 0 spiro atoms. The summed E-state index contributed by atoms with van der Waals surface area (Å²) in [6.45, 7) is 3.17. The van der Waals surface area contributed by atoms with Gasteiger partial charge in [-0.2, -0.15) is 0 Å². The predicted molar refractivity (Wildman–Crippen MR) is 102 cm³/mol. The number of aryl methyl sites for hydroxylation is 2. The van der Waals surface area contributed by atoms with E-state index in [1.54, 1.807) is 36.4 Å². The minimum absolute atomic E-state index is 0.117. The number of anilines is 1. The first kappa shape index (κ1) is 20.6. The van der Waals surface area contributed by atoms with Gasteiger partial charge in [0.25, 0.3) is 5.91 Å². The van der Waals surface area contributed by atoms with E-state index in [0.29, 0.717) is 5.69 Å². The minimum atomic E-state index is -3.70. The van der Waals surface area contributed by atoms with Crippen LogP contribution in [-0.4, -0.2) is 33.4 Å². The Kier molecular flexibility index (Phi) is 7.09. The Labute approximate surface area is 158 Å². The molecule has 0 heterocycles. The predicted octanol–water partition coefficient (Wildman–Crippen LogP) is 2.15. The number of sulfonamides is 1. The zero-order valence-electron chi connectivity index (χ0n) is 15.2. The Morgan fingerprint density at radius 3 is 2.37 bits per heavy atom. The molecule has 0 aliphatic carbocycles. The largest absolute Gasteiger partial charge is 0.456 e. The van der Waals surface area contributed by atoms with Crippen LogP contribution in [0.15, 0.2) is 53.4 Å². The second-order valence-corrected chi connectivity index (χ2v) is 7.74. The van der Waals surface area contributed by atoms with Gasteiger partial charge in [-0.05, 0) is 49.2 Å². The first-order valence-corrected chi connectivity index (χ1v) is 9.84.